The summed E-state index contributed by atoms with van der Waals surface area (Å²) in [4.78, 5) is 18.9. The molecular formula is C24H28ClF3N4O. The largest absolute Gasteiger partial charge is 0.430 e. The zero-order chi connectivity index (χ0) is 24.4. The van der Waals surface area contributed by atoms with Gasteiger partial charge in [-0.2, -0.15) is 13.2 Å². The van der Waals surface area contributed by atoms with Crippen LogP contribution < -0.4 is 11.1 Å². The summed E-state index contributed by atoms with van der Waals surface area (Å²) in [6, 6.07) is 12.7. The molecule has 0 fully saturated rings. The molecule has 0 spiro atoms. The molecular weight excluding hydrogens is 453 g/mol. The predicted molar refractivity (Wildman–Crippen MR) is 127 cm³/mol. The summed E-state index contributed by atoms with van der Waals surface area (Å²) in [5.74, 6) is -0.254. The van der Waals surface area contributed by atoms with E-state index in [1.54, 1.807) is 24.3 Å². The molecule has 5 nitrogen and oxygen atoms in total. The number of nitrogens with one attached hydrogen (secondary N) is 1. The third-order valence-corrected chi connectivity index (χ3v) is 5.31. The van der Waals surface area contributed by atoms with Gasteiger partial charge in [0.05, 0.1) is 16.4 Å². The standard InChI is InChI=1S/C24H28ClF3N4O/c1-3-32(4-2)15-7-14-30-23(33)18-12-10-17(11-13-18)21(16-22(29)24(26,27)28)31-20-9-6-5-8-19(20)25/h5-6,8-13,16H,3-4,7,14-15,29H2,1-2H3,(H,30,33). The number of allylic oxidation sites excluding steroid dienone is 2. The van der Waals surface area contributed by atoms with Gasteiger partial charge in [0, 0.05) is 17.7 Å². The molecule has 3 N–H and O–H groups in total. The van der Waals surface area contributed by atoms with Crippen molar-refractivity contribution in [3.8, 4) is 0 Å². The Morgan fingerprint density at radius 1 is 1.09 bits per heavy atom. The molecule has 0 radical (unpaired) electrons. The molecule has 0 heterocycles. The molecule has 9 heteroatoms. The van der Waals surface area contributed by atoms with Crippen molar-refractivity contribution in [3.05, 3.63) is 76.5 Å². The van der Waals surface area contributed by atoms with E-state index in [0.717, 1.165) is 32.1 Å². The molecule has 2 aromatic carbocycles. The summed E-state index contributed by atoms with van der Waals surface area (Å²) in [5.41, 5.74) is 4.97. The molecule has 33 heavy (non-hydrogen) atoms. The highest BCUT2D eigenvalue weighted by atomic mass is 35.5. The van der Waals surface area contributed by atoms with Crippen molar-refractivity contribution in [3.63, 3.8) is 0 Å². The number of amides is 1. The summed E-state index contributed by atoms with van der Waals surface area (Å²) in [7, 11) is 0. The lowest BCUT2D eigenvalue weighted by molar-refractivity contribution is -0.0925. The normalized spacial score (nSPS) is 12.8. The maximum atomic E-state index is 13.0. The molecule has 0 aromatic heterocycles. The second kappa shape index (κ2) is 12.4. The van der Waals surface area contributed by atoms with Gasteiger partial charge in [-0.1, -0.05) is 49.7 Å². The zero-order valence-corrected chi connectivity index (χ0v) is 19.4. The van der Waals surface area contributed by atoms with E-state index >= 15 is 0 Å². The third-order valence-electron chi connectivity index (χ3n) is 4.99. The van der Waals surface area contributed by atoms with Crippen molar-refractivity contribution in [2.45, 2.75) is 26.4 Å². The van der Waals surface area contributed by atoms with E-state index in [1.165, 1.54) is 24.3 Å². The lowest BCUT2D eigenvalue weighted by atomic mass is 10.1. The fraction of sp³-hybridized carbons (Fsp3) is 0.333. The molecule has 0 bridgehead atoms. The van der Waals surface area contributed by atoms with Gasteiger partial charge in [0.2, 0.25) is 0 Å². The Hall–Kier alpha value is -2.84. The van der Waals surface area contributed by atoms with Crippen molar-refractivity contribution in [2.24, 2.45) is 10.7 Å². The Balaban J connectivity index is 2.20. The van der Waals surface area contributed by atoms with Crippen molar-refractivity contribution >= 4 is 28.9 Å². The minimum absolute atomic E-state index is 0.0240. The van der Waals surface area contributed by atoms with Crippen LogP contribution in [0.1, 0.15) is 36.2 Å². The fourth-order valence-electron chi connectivity index (χ4n) is 3.02. The van der Waals surface area contributed by atoms with E-state index in [-0.39, 0.29) is 16.6 Å². The minimum Gasteiger partial charge on any atom is -0.395 e. The van der Waals surface area contributed by atoms with Crippen LogP contribution in [-0.2, 0) is 0 Å². The second-order valence-corrected chi connectivity index (χ2v) is 7.67. The Morgan fingerprint density at radius 2 is 1.70 bits per heavy atom. The van der Waals surface area contributed by atoms with Crippen LogP contribution in [0.25, 0.3) is 0 Å². The third kappa shape index (κ3) is 8.22. The van der Waals surface area contributed by atoms with Crippen molar-refractivity contribution in [1.82, 2.24) is 10.2 Å². The summed E-state index contributed by atoms with van der Waals surface area (Å²) >= 11 is 6.11. The molecule has 1 amide bonds. The first-order valence-corrected chi connectivity index (χ1v) is 11.0. The van der Waals surface area contributed by atoms with Crippen LogP contribution in [0.4, 0.5) is 18.9 Å². The number of carbonyl (C=O) groups is 1. The highest BCUT2D eigenvalue weighted by molar-refractivity contribution is 6.33. The van der Waals surface area contributed by atoms with Gasteiger partial charge in [0.25, 0.3) is 5.91 Å². The van der Waals surface area contributed by atoms with Crippen molar-refractivity contribution in [2.75, 3.05) is 26.2 Å². The molecule has 0 unspecified atom stereocenters. The van der Waals surface area contributed by atoms with Crippen LogP contribution >= 0.6 is 11.6 Å². The summed E-state index contributed by atoms with van der Waals surface area (Å²) in [6.07, 6.45) is -3.13. The molecule has 0 aliphatic heterocycles. The molecule has 0 aliphatic rings. The van der Waals surface area contributed by atoms with Gasteiger partial charge < -0.3 is 16.0 Å². The van der Waals surface area contributed by atoms with Crippen molar-refractivity contribution in [1.29, 1.82) is 0 Å². The average Bonchev–Trinajstić information content (AvgIpc) is 2.79. The van der Waals surface area contributed by atoms with E-state index in [2.05, 4.69) is 29.1 Å². The Labute approximate surface area is 197 Å². The van der Waals surface area contributed by atoms with Gasteiger partial charge in [0.1, 0.15) is 5.70 Å². The first-order valence-electron chi connectivity index (χ1n) is 10.6. The topological polar surface area (TPSA) is 70.7 Å². The molecule has 0 saturated heterocycles. The van der Waals surface area contributed by atoms with Gasteiger partial charge in [0.15, 0.2) is 0 Å². The number of para-hydroxylation sites is 1. The van der Waals surface area contributed by atoms with Gasteiger partial charge in [-0.05, 0) is 56.4 Å². The Kier molecular flexibility index (Phi) is 9.94. The number of rotatable bonds is 10. The summed E-state index contributed by atoms with van der Waals surface area (Å²) in [5, 5.41) is 3.14. The number of benzene rings is 2. The van der Waals surface area contributed by atoms with E-state index in [0.29, 0.717) is 23.4 Å². The van der Waals surface area contributed by atoms with E-state index < -0.39 is 11.9 Å². The SMILES string of the molecule is CCN(CC)CCCNC(=O)c1ccc(C(C=C(N)C(F)(F)F)=Nc2ccccc2Cl)cc1. The molecule has 2 rings (SSSR count). The number of hydrogen-bond acceptors (Lipinski definition) is 4. The summed E-state index contributed by atoms with van der Waals surface area (Å²) < 4.78 is 39.1. The number of aliphatic imine (C=N–C) groups is 1. The monoisotopic (exact) mass is 480 g/mol. The maximum absolute atomic E-state index is 13.0. The van der Waals surface area contributed by atoms with Gasteiger partial charge in [-0.25, -0.2) is 4.99 Å². The van der Waals surface area contributed by atoms with Crippen LogP contribution in [-0.4, -0.2) is 48.9 Å². The van der Waals surface area contributed by atoms with Gasteiger partial charge in [-0.15, -0.1) is 0 Å². The smallest absolute Gasteiger partial charge is 0.395 e. The number of nitrogens with two attached hydrogens (primary N) is 1. The lowest BCUT2D eigenvalue weighted by Crippen LogP contribution is -2.29. The number of halogens is 4. The Morgan fingerprint density at radius 3 is 2.27 bits per heavy atom. The van der Waals surface area contributed by atoms with Crippen LogP contribution in [0.15, 0.2) is 65.3 Å². The van der Waals surface area contributed by atoms with E-state index in [1.807, 2.05) is 0 Å². The second-order valence-electron chi connectivity index (χ2n) is 7.26. The molecule has 0 saturated carbocycles. The maximum Gasteiger partial charge on any atom is 0.430 e. The van der Waals surface area contributed by atoms with Crippen LogP contribution in [0.2, 0.25) is 5.02 Å². The highest BCUT2D eigenvalue weighted by Gasteiger charge is 2.31. The van der Waals surface area contributed by atoms with E-state index in [4.69, 9.17) is 17.3 Å². The molecule has 0 atom stereocenters. The first-order chi connectivity index (χ1) is 15.7. The lowest BCUT2D eigenvalue weighted by Gasteiger charge is -2.17. The van der Waals surface area contributed by atoms with Gasteiger partial charge in [-0.3, -0.25) is 4.79 Å². The number of alkyl halides is 3. The first kappa shape index (κ1) is 26.4. The van der Waals surface area contributed by atoms with Gasteiger partial charge >= 0.3 is 6.18 Å². The Bertz CT molecular complexity index is 984. The molecule has 178 valence electrons. The van der Waals surface area contributed by atoms with Crippen molar-refractivity contribution < 1.29 is 18.0 Å². The van der Waals surface area contributed by atoms with Crippen LogP contribution in [0, 0.1) is 0 Å². The van der Waals surface area contributed by atoms with E-state index in [9.17, 15) is 18.0 Å². The fourth-order valence-corrected chi connectivity index (χ4v) is 3.20. The highest BCUT2D eigenvalue weighted by Crippen LogP contribution is 2.27. The van der Waals surface area contributed by atoms with Crippen LogP contribution in [0.3, 0.4) is 0 Å². The number of carbonyl (C=O) groups excluding carboxylic acids is 1. The molecule has 0 aliphatic carbocycles. The number of hydrogen-bond donors (Lipinski definition) is 2. The summed E-state index contributed by atoms with van der Waals surface area (Å²) in [6.45, 7) is 7.51. The predicted octanol–water partition coefficient (Wildman–Crippen LogP) is 5.33. The quantitative estimate of drug-likeness (QED) is 0.357. The zero-order valence-electron chi connectivity index (χ0n) is 18.6. The molecule has 2 aromatic rings. The average molecular weight is 481 g/mol. The minimum atomic E-state index is -4.70. The number of nitrogens with zero attached hydrogens (tertiary/aromatic N) is 2. The van der Waals surface area contributed by atoms with Crippen LogP contribution in [0.5, 0.6) is 0 Å².